The normalized spacial score (nSPS) is 11.2. The van der Waals surface area contributed by atoms with Gasteiger partial charge in [0.2, 0.25) is 5.91 Å². The van der Waals surface area contributed by atoms with E-state index in [0.717, 1.165) is 39.4 Å². The van der Waals surface area contributed by atoms with Crippen LogP contribution in [-0.4, -0.2) is 27.0 Å². The molecule has 0 saturated heterocycles. The summed E-state index contributed by atoms with van der Waals surface area (Å²) in [5.74, 6) is 0.0830. The Morgan fingerprint density at radius 3 is 2.80 bits per heavy atom. The molecule has 0 N–H and O–H groups in total. The minimum atomic E-state index is 0.0830. The zero-order valence-electron chi connectivity index (χ0n) is 17.6. The summed E-state index contributed by atoms with van der Waals surface area (Å²) in [6, 6.07) is 12.4. The molecule has 2 heterocycles. The molecule has 0 spiro atoms. The van der Waals surface area contributed by atoms with Crippen molar-refractivity contribution < 1.29 is 4.79 Å². The van der Waals surface area contributed by atoms with Gasteiger partial charge in [0.1, 0.15) is 0 Å². The van der Waals surface area contributed by atoms with Gasteiger partial charge in [-0.15, -0.1) is 0 Å². The van der Waals surface area contributed by atoms with Gasteiger partial charge >= 0.3 is 0 Å². The highest BCUT2D eigenvalue weighted by atomic mass is 32.1. The summed E-state index contributed by atoms with van der Waals surface area (Å²) in [6.45, 7) is 7.69. The number of rotatable bonds is 7. The summed E-state index contributed by atoms with van der Waals surface area (Å²) < 4.78 is 3.16. The number of hydrogen-bond donors (Lipinski definition) is 0. The van der Waals surface area contributed by atoms with E-state index in [0.29, 0.717) is 13.0 Å². The first-order valence-electron chi connectivity index (χ1n) is 10.2. The number of nitrogens with zero attached hydrogens (tertiary/aromatic N) is 4. The van der Waals surface area contributed by atoms with E-state index in [-0.39, 0.29) is 5.91 Å². The van der Waals surface area contributed by atoms with Crippen LogP contribution in [-0.2, 0) is 17.8 Å². The summed E-state index contributed by atoms with van der Waals surface area (Å²) in [5, 5.41) is 0.780. The molecule has 0 fully saturated rings. The molecule has 0 bridgehead atoms. The summed E-state index contributed by atoms with van der Waals surface area (Å²) >= 11 is 1.59. The van der Waals surface area contributed by atoms with E-state index in [1.165, 1.54) is 11.1 Å². The number of imidazole rings is 1. The maximum Gasteiger partial charge on any atom is 0.233 e. The van der Waals surface area contributed by atoms with Crippen LogP contribution in [0.1, 0.15) is 28.7 Å². The second-order valence-corrected chi connectivity index (χ2v) is 8.73. The van der Waals surface area contributed by atoms with Crippen molar-refractivity contribution in [3.63, 3.8) is 0 Å². The molecular weight excluding hydrogens is 392 g/mol. The quantitative estimate of drug-likeness (QED) is 0.420. The number of benzene rings is 2. The third-order valence-corrected chi connectivity index (χ3v) is 6.44. The van der Waals surface area contributed by atoms with Gasteiger partial charge < -0.3 is 4.57 Å². The van der Waals surface area contributed by atoms with Crippen molar-refractivity contribution in [3.8, 4) is 0 Å². The van der Waals surface area contributed by atoms with Gasteiger partial charge in [-0.05, 0) is 49.9 Å². The molecule has 0 saturated carbocycles. The first-order chi connectivity index (χ1) is 14.5. The highest BCUT2D eigenvalue weighted by molar-refractivity contribution is 7.22. The topological polar surface area (TPSA) is 51.0 Å². The largest absolute Gasteiger partial charge is 0.337 e. The average molecular weight is 419 g/mol. The molecule has 1 amide bonds. The summed E-state index contributed by atoms with van der Waals surface area (Å²) in [5.41, 5.74) is 5.60. The molecule has 4 rings (SSSR count). The van der Waals surface area contributed by atoms with Crippen molar-refractivity contribution >= 4 is 32.6 Å². The molecule has 6 heteroatoms. The molecule has 30 heavy (non-hydrogen) atoms. The molecule has 2 aromatic carbocycles. The van der Waals surface area contributed by atoms with Crippen LogP contribution in [0.25, 0.3) is 10.2 Å². The fourth-order valence-electron chi connectivity index (χ4n) is 3.58. The number of thiazole rings is 1. The van der Waals surface area contributed by atoms with Crippen LogP contribution in [0.3, 0.4) is 0 Å². The van der Waals surface area contributed by atoms with Crippen LogP contribution < -0.4 is 4.90 Å². The molecule has 5 nitrogen and oxygen atoms in total. The monoisotopic (exact) mass is 418 g/mol. The summed E-state index contributed by atoms with van der Waals surface area (Å²) in [7, 11) is 0. The molecule has 0 aliphatic rings. The lowest BCUT2D eigenvalue weighted by molar-refractivity contribution is -0.118. The Bertz CT molecular complexity index is 1160. The van der Waals surface area contributed by atoms with Gasteiger partial charge in [0.25, 0.3) is 0 Å². The maximum atomic E-state index is 13.3. The van der Waals surface area contributed by atoms with Crippen molar-refractivity contribution in [1.29, 1.82) is 0 Å². The Morgan fingerprint density at radius 2 is 2.03 bits per heavy atom. The fourth-order valence-corrected chi connectivity index (χ4v) is 4.65. The Kier molecular flexibility index (Phi) is 5.95. The standard InChI is InChI=1S/C24H26N4OS/c1-17-6-4-7-20(14-17)15-22(29)28(12-5-11-27-13-10-25-16-27)24-26-23-19(3)18(2)8-9-21(23)30-24/h4,6-10,13-14,16H,5,11-12,15H2,1-3H3. The van der Waals surface area contributed by atoms with Gasteiger partial charge in [-0.25, -0.2) is 9.97 Å². The van der Waals surface area contributed by atoms with Crippen LogP contribution in [0.15, 0.2) is 55.1 Å². The van der Waals surface area contributed by atoms with Gasteiger partial charge in [-0.2, -0.15) is 0 Å². The first kappa shape index (κ1) is 20.3. The number of carbonyl (C=O) groups is 1. The fraction of sp³-hybridized carbons (Fsp3) is 0.292. The second kappa shape index (κ2) is 8.79. The number of hydrogen-bond acceptors (Lipinski definition) is 4. The van der Waals surface area contributed by atoms with Crippen LogP contribution in [0.2, 0.25) is 0 Å². The lowest BCUT2D eigenvalue weighted by atomic mass is 10.1. The van der Waals surface area contributed by atoms with Crippen LogP contribution in [0.5, 0.6) is 0 Å². The Labute approximate surface area is 181 Å². The molecule has 0 atom stereocenters. The van der Waals surface area contributed by atoms with Crippen molar-refractivity contribution in [2.24, 2.45) is 0 Å². The van der Waals surface area contributed by atoms with Gasteiger partial charge in [0.15, 0.2) is 5.13 Å². The lowest BCUT2D eigenvalue weighted by Crippen LogP contribution is -2.33. The van der Waals surface area contributed by atoms with E-state index in [2.05, 4.69) is 50.0 Å². The van der Waals surface area contributed by atoms with Gasteiger partial charge in [0, 0.05) is 25.5 Å². The highest BCUT2D eigenvalue weighted by Gasteiger charge is 2.20. The lowest BCUT2D eigenvalue weighted by Gasteiger charge is -2.20. The third-order valence-electron chi connectivity index (χ3n) is 5.40. The molecule has 2 aromatic heterocycles. The third kappa shape index (κ3) is 4.44. The van der Waals surface area contributed by atoms with E-state index in [1.807, 2.05) is 34.1 Å². The second-order valence-electron chi connectivity index (χ2n) is 7.72. The number of carbonyl (C=O) groups excluding carboxylic acids is 1. The number of aryl methyl sites for hydroxylation is 4. The van der Waals surface area contributed by atoms with E-state index < -0.39 is 0 Å². The summed E-state index contributed by atoms with van der Waals surface area (Å²) in [6.07, 6.45) is 6.75. The molecule has 0 radical (unpaired) electrons. The molecule has 0 aliphatic heterocycles. The number of fused-ring (bicyclic) bond motifs is 1. The predicted octanol–water partition coefficient (Wildman–Crippen LogP) is 5.08. The smallest absolute Gasteiger partial charge is 0.233 e. The number of amides is 1. The van der Waals surface area contributed by atoms with Crippen LogP contribution >= 0.6 is 11.3 Å². The van der Waals surface area contributed by atoms with E-state index in [4.69, 9.17) is 4.98 Å². The SMILES string of the molecule is Cc1cccc(CC(=O)N(CCCn2ccnc2)c2nc3c(C)c(C)ccc3s2)c1. The molecule has 4 aromatic rings. The van der Waals surface area contributed by atoms with Crippen molar-refractivity contribution in [2.75, 3.05) is 11.4 Å². The number of aromatic nitrogens is 3. The van der Waals surface area contributed by atoms with E-state index in [1.54, 1.807) is 17.5 Å². The van der Waals surface area contributed by atoms with Gasteiger partial charge in [-0.1, -0.05) is 47.2 Å². The Morgan fingerprint density at radius 1 is 1.17 bits per heavy atom. The average Bonchev–Trinajstić information content (AvgIpc) is 3.38. The van der Waals surface area contributed by atoms with Crippen LogP contribution in [0.4, 0.5) is 5.13 Å². The van der Waals surface area contributed by atoms with Gasteiger partial charge in [0.05, 0.1) is 23.0 Å². The molecular formula is C24H26N4OS. The minimum Gasteiger partial charge on any atom is -0.337 e. The minimum absolute atomic E-state index is 0.0830. The predicted molar refractivity (Wildman–Crippen MR) is 123 cm³/mol. The van der Waals surface area contributed by atoms with Gasteiger partial charge in [-0.3, -0.25) is 9.69 Å². The molecule has 0 aliphatic carbocycles. The van der Waals surface area contributed by atoms with Crippen LogP contribution in [0, 0.1) is 20.8 Å². The van der Waals surface area contributed by atoms with Crippen molar-refractivity contribution in [1.82, 2.24) is 14.5 Å². The Balaban J connectivity index is 1.60. The number of anilines is 1. The highest BCUT2D eigenvalue weighted by Crippen LogP contribution is 2.32. The van der Waals surface area contributed by atoms with E-state index >= 15 is 0 Å². The zero-order chi connectivity index (χ0) is 21.1. The van der Waals surface area contributed by atoms with E-state index in [9.17, 15) is 4.79 Å². The first-order valence-corrected chi connectivity index (χ1v) is 11.0. The maximum absolute atomic E-state index is 13.3. The zero-order valence-corrected chi connectivity index (χ0v) is 18.4. The molecule has 154 valence electrons. The molecule has 0 unspecified atom stereocenters. The summed E-state index contributed by atoms with van der Waals surface area (Å²) in [4.78, 5) is 24.1. The van der Waals surface area contributed by atoms with Crippen molar-refractivity contribution in [2.45, 2.75) is 40.2 Å². The van der Waals surface area contributed by atoms with Crippen molar-refractivity contribution in [3.05, 3.63) is 77.4 Å². The Hall–Kier alpha value is -2.99.